The first-order valence-corrected chi connectivity index (χ1v) is 8.77. The molecule has 0 amide bonds. The zero-order valence-electron chi connectivity index (χ0n) is 11.2. The van der Waals surface area contributed by atoms with Crippen LogP contribution in [0.15, 0.2) is 24.3 Å². The summed E-state index contributed by atoms with van der Waals surface area (Å²) in [5.41, 5.74) is 1.78. The first-order valence-electron chi connectivity index (χ1n) is 6.63. The van der Waals surface area contributed by atoms with Gasteiger partial charge in [-0.2, -0.15) is 0 Å². The van der Waals surface area contributed by atoms with E-state index >= 15 is 0 Å². The minimum Gasteiger partial charge on any atom is -0.212 e. The summed E-state index contributed by atoms with van der Waals surface area (Å²) in [4.78, 5) is 0. The van der Waals surface area contributed by atoms with Gasteiger partial charge in [0, 0.05) is 19.0 Å². The fourth-order valence-corrected chi connectivity index (χ4v) is 4.34. The Hall–Kier alpha value is -0.580. The molecule has 2 rings (SSSR count). The van der Waals surface area contributed by atoms with Crippen molar-refractivity contribution in [1.29, 1.82) is 0 Å². The lowest BCUT2D eigenvalue weighted by Crippen LogP contribution is -2.39. The van der Waals surface area contributed by atoms with E-state index in [0.717, 1.165) is 24.0 Å². The van der Waals surface area contributed by atoms with E-state index in [1.54, 1.807) is 4.31 Å². The Labute approximate surface area is 120 Å². The highest BCUT2D eigenvalue weighted by atomic mass is 35.5. The number of sulfonamides is 1. The van der Waals surface area contributed by atoms with Gasteiger partial charge in [0.1, 0.15) is 0 Å². The molecule has 5 heteroatoms. The van der Waals surface area contributed by atoms with Crippen LogP contribution in [0.25, 0.3) is 0 Å². The van der Waals surface area contributed by atoms with Crippen LogP contribution in [0, 0.1) is 5.92 Å². The van der Waals surface area contributed by atoms with Crippen molar-refractivity contribution in [2.75, 3.05) is 13.1 Å². The van der Waals surface area contributed by atoms with Gasteiger partial charge >= 0.3 is 0 Å². The van der Waals surface area contributed by atoms with Crippen LogP contribution in [0.1, 0.15) is 30.9 Å². The van der Waals surface area contributed by atoms with Gasteiger partial charge in [0.05, 0.1) is 5.75 Å². The van der Waals surface area contributed by atoms with Gasteiger partial charge in [-0.1, -0.05) is 31.2 Å². The zero-order valence-corrected chi connectivity index (χ0v) is 12.8. The van der Waals surface area contributed by atoms with Crippen LogP contribution in [-0.2, 0) is 21.7 Å². The molecule has 0 aliphatic carbocycles. The number of alkyl halides is 1. The largest absolute Gasteiger partial charge is 0.218 e. The molecule has 0 spiro atoms. The average Bonchev–Trinajstić information content (AvgIpc) is 2.38. The molecule has 19 heavy (non-hydrogen) atoms. The standard InChI is InChI=1S/C14H20ClNO2S/c1-12-4-3-7-16(10-12)19(17,18)11-14-6-2-5-13(8-14)9-15/h2,5-6,8,12H,3-4,7,9-11H2,1H3. The Bertz CT molecular complexity index is 530. The fraction of sp³-hybridized carbons (Fsp3) is 0.571. The fourth-order valence-electron chi connectivity index (χ4n) is 2.50. The van der Waals surface area contributed by atoms with E-state index in [0.29, 0.717) is 24.9 Å². The van der Waals surface area contributed by atoms with Crippen LogP contribution in [0.2, 0.25) is 0 Å². The van der Waals surface area contributed by atoms with Gasteiger partial charge in [0.25, 0.3) is 0 Å². The molecule has 0 radical (unpaired) electrons. The second-order valence-electron chi connectivity index (χ2n) is 5.32. The smallest absolute Gasteiger partial charge is 0.212 e. The van der Waals surface area contributed by atoms with E-state index in [1.807, 2.05) is 24.3 Å². The highest BCUT2D eigenvalue weighted by molar-refractivity contribution is 7.88. The van der Waals surface area contributed by atoms with Gasteiger partial charge in [0.15, 0.2) is 0 Å². The van der Waals surface area contributed by atoms with E-state index < -0.39 is 10.0 Å². The molecule has 1 saturated heterocycles. The van der Waals surface area contributed by atoms with Gasteiger partial charge in [0.2, 0.25) is 10.0 Å². The maximum absolute atomic E-state index is 12.4. The first-order chi connectivity index (χ1) is 9.01. The van der Waals surface area contributed by atoms with Crippen LogP contribution in [0.4, 0.5) is 0 Å². The number of nitrogens with zero attached hydrogens (tertiary/aromatic N) is 1. The molecule has 0 aromatic heterocycles. The number of hydrogen-bond acceptors (Lipinski definition) is 2. The molecule has 1 atom stereocenters. The minimum absolute atomic E-state index is 0.0739. The summed E-state index contributed by atoms with van der Waals surface area (Å²) in [6.07, 6.45) is 2.08. The Balaban J connectivity index is 2.11. The van der Waals surface area contributed by atoms with Gasteiger partial charge in [-0.15, -0.1) is 11.6 Å². The van der Waals surface area contributed by atoms with Crippen molar-refractivity contribution in [2.24, 2.45) is 5.92 Å². The van der Waals surface area contributed by atoms with E-state index in [9.17, 15) is 8.42 Å². The van der Waals surface area contributed by atoms with Crippen LogP contribution in [0.5, 0.6) is 0 Å². The second-order valence-corrected chi connectivity index (χ2v) is 7.55. The first kappa shape index (κ1) is 14.8. The van der Waals surface area contributed by atoms with Gasteiger partial charge in [-0.05, 0) is 29.9 Å². The predicted octanol–water partition coefficient (Wildman–Crippen LogP) is 2.99. The van der Waals surface area contributed by atoms with Crippen molar-refractivity contribution in [3.8, 4) is 0 Å². The third kappa shape index (κ3) is 3.94. The predicted molar refractivity (Wildman–Crippen MR) is 78.6 cm³/mol. The van der Waals surface area contributed by atoms with Crippen LogP contribution >= 0.6 is 11.6 Å². The zero-order chi connectivity index (χ0) is 13.9. The summed E-state index contributed by atoms with van der Waals surface area (Å²) in [6.45, 7) is 3.41. The maximum atomic E-state index is 12.4. The molecule has 1 aromatic rings. The highest BCUT2D eigenvalue weighted by Gasteiger charge is 2.27. The lowest BCUT2D eigenvalue weighted by atomic mass is 10.0. The molecule has 1 aliphatic heterocycles. The lowest BCUT2D eigenvalue weighted by molar-refractivity contribution is 0.281. The Kier molecular flexibility index (Phi) is 4.87. The molecular weight excluding hydrogens is 282 g/mol. The van der Waals surface area contributed by atoms with E-state index in [1.165, 1.54) is 0 Å². The van der Waals surface area contributed by atoms with Crippen molar-refractivity contribution in [3.63, 3.8) is 0 Å². The number of rotatable bonds is 4. The Morgan fingerprint density at radius 3 is 2.79 bits per heavy atom. The second kappa shape index (κ2) is 6.25. The summed E-state index contributed by atoms with van der Waals surface area (Å²) in [7, 11) is -3.20. The summed E-state index contributed by atoms with van der Waals surface area (Å²) >= 11 is 5.78. The topological polar surface area (TPSA) is 37.4 Å². The van der Waals surface area contributed by atoms with Crippen LogP contribution < -0.4 is 0 Å². The SMILES string of the molecule is CC1CCCN(S(=O)(=O)Cc2cccc(CCl)c2)C1. The minimum atomic E-state index is -3.20. The molecule has 3 nitrogen and oxygen atoms in total. The molecule has 106 valence electrons. The maximum Gasteiger partial charge on any atom is 0.218 e. The molecule has 0 bridgehead atoms. The highest BCUT2D eigenvalue weighted by Crippen LogP contribution is 2.21. The van der Waals surface area contributed by atoms with Crippen LogP contribution in [-0.4, -0.2) is 25.8 Å². The van der Waals surface area contributed by atoms with Gasteiger partial charge < -0.3 is 0 Å². The summed E-state index contributed by atoms with van der Waals surface area (Å²) < 4.78 is 26.4. The van der Waals surface area contributed by atoms with Crippen molar-refractivity contribution in [1.82, 2.24) is 4.31 Å². The number of benzene rings is 1. The molecule has 0 saturated carbocycles. The Morgan fingerprint density at radius 2 is 2.11 bits per heavy atom. The molecule has 1 fully saturated rings. The van der Waals surface area contributed by atoms with Gasteiger partial charge in [-0.3, -0.25) is 0 Å². The quantitative estimate of drug-likeness (QED) is 0.802. The third-order valence-electron chi connectivity index (χ3n) is 3.51. The summed E-state index contributed by atoms with van der Waals surface area (Å²) in [6, 6.07) is 7.49. The number of piperidine rings is 1. The normalized spacial score (nSPS) is 21.5. The number of halogens is 1. The van der Waals surface area contributed by atoms with Crippen molar-refractivity contribution in [3.05, 3.63) is 35.4 Å². The van der Waals surface area contributed by atoms with E-state index in [-0.39, 0.29) is 5.75 Å². The lowest BCUT2D eigenvalue weighted by Gasteiger charge is -2.30. The van der Waals surface area contributed by atoms with Crippen LogP contribution in [0.3, 0.4) is 0 Å². The van der Waals surface area contributed by atoms with E-state index in [4.69, 9.17) is 11.6 Å². The van der Waals surface area contributed by atoms with Crippen molar-refractivity contribution < 1.29 is 8.42 Å². The Morgan fingerprint density at radius 1 is 1.37 bits per heavy atom. The summed E-state index contributed by atoms with van der Waals surface area (Å²) in [5, 5.41) is 0. The van der Waals surface area contributed by atoms with Crippen molar-refractivity contribution in [2.45, 2.75) is 31.4 Å². The molecular formula is C14H20ClNO2S. The third-order valence-corrected chi connectivity index (χ3v) is 5.63. The molecule has 1 heterocycles. The summed E-state index contributed by atoms with van der Waals surface area (Å²) in [5.74, 6) is 0.941. The van der Waals surface area contributed by atoms with Crippen molar-refractivity contribution >= 4 is 21.6 Å². The van der Waals surface area contributed by atoms with E-state index in [2.05, 4.69) is 6.92 Å². The molecule has 1 unspecified atom stereocenters. The molecule has 1 aliphatic rings. The number of hydrogen-bond donors (Lipinski definition) is 0. The molecule has 1 aromatic carbocycles. The monoisotopic (exact) mass is 301 g/mol. The molecule has 0 N–H and O–H groups in total. The average molecular weight is 302 g/mol. The van der Waals surface area contributed by atoms with Gasteiger partial charge in [-0.25, -0.2) is 12.7 Å².